The highest BCUT2D eigenvalue weighted by Crippen LogP contribution is 2.40. The Bertz CT molecular complexity index is 839. The monoisotopic (exact) mass is 530 g/mol. The Morgan fingerprint density at radius 3 is 2.00 bits per heavy atom. The molecule has 3 heterocycles. The number of fused-ring (bicyclic) bond motifs is 2. The van der Waals surface area contributed by atoms with Crippen molar-refractivity contribution in [3.8, 4) is 0 Å². The zero-order chi connectivity index (χ0) is 26.9. The fourth-order valence-electron chi connectivity index (χ4n) is 6.61. The lowest BCUT2D eigenvalue weighted by Gasteiger charge is -2.50. The van der Waals surface area contributed by atoms with Gasteiger partial charge in [-0.25, -0.2) is 0 Å². The predicted molar refractivity (Wildman–Crippen MR) is 124 cm³/mol. The van der Waals surface area contributed by atoms with E-state index in [9.17, 15) is 14.4 Å². The lowest BCUT2D eigenvalue weighted by Crippen LogP contribution is -3.03. The molecule has 0 spiro atoms. The van der Waals surface area contributed by atoms with Crippen molar-refractivity contribution in [2.45, 2.75) is 108 Å². The number of ether oxygens (including phenoxy) is 8. The van der Waals surface area contributed by atoms with Crippen molar-refractivity contribution in [3.05, 3.63) is 0 Å². The Morgan fingerprint density at radius 2 is 1.38 bits per heavy atom. The molecule has 4 aliphatic rings. The molecule has 3 saturated heterocycles. The smallest absolute Gasteiger partial charge is 0.303 e. The van der Waals surface area contributed by atoms with Gasteiger partial charge in [0.2, 0.25) is 0 Å². The third kappa shape index (κ3) is 5.94. The fourth-order valence-corrected chi connectivity index (χ4v) is 6.61. The molecule has 2 N–H and O–H groups in total. The molecule has 0 aromatic rings. The molecule has 0 aromatic carbocycles. The van der Waals surface area contributed by atoms with Crippen LogP contribution in [0.3, 0.4) is 0 Å². The van der Waals surface area contributed by atoms with Gasteiger partial charge < -0.3 is 43.2 Å². The van der Waals surface area contributed by atoms with Crippen LogP contribution >= 0.6 is 0 Å². The zero-order valence-corrected chi connectivity index (χ0v) is 22.3. The van der Waals surface area contributed by atoms with Crippen molar-refractivity contribution < 1.29 is 57.6 Å². The summed E-state index contributed by atoms with van der Waals surface area (Å²) >= 11 is 0. The number of rotatable bonds is 7. The van der Waals surface area contributed by atoms with Crippen molar-refractivity contribution in [3.63, 3.8) is 0 Å². The number of hydrogen-bond acceptors (Lipinski definition) is 11. The summed E-state index contributed by atoms with van der Waals surface area (Å²) < 4.78 is 46.9. The summed E-state index contributed by atoms with van der Waals surface area (Å²) in [6.07, 6.45) is -3.20. The first-order chi connectivity index (χ1) is 17.6. The first-order valence-corrected chi connectivity index (χ1v) is 13.0. The molecule has 4 fully saturated rings. The van der Waals surface area contributed by atoms with Gasteiger partial charge in [-0.1, -0.05) is 0 Å². The number of nitrogens with two attached hydrogens (primary N) is 1. The molecule has 37 heavy (non-hydrogen) atoms. The molecule has 0 bridgehead atoms. The average molecular weight is 531 g/mol. The minimum absolute atomic E-state index is 0.000169. The van der Waals surface area contributed by atoms with E-state index in [4.69, 9.17) is 37.9 Å². The highest BCUT2D eigenvalue weighted by atomic mass is 16.7. The summed E-state index contributed by atoms with van der Waals surface area (Å²) in [5, 5.41) is 2.23. The van der Waals surface area contributed by atoms with E-state index < -0.39 is 54.7 Å². The normalized spacial score (nSPS) is 43.3. The number of carbonyl (C=O) groups is 3. The molecule has 12 nitrogen and oxygen atoms in total. The van der Waals surface area contributed by atoms with E-state index in [0.29, 0.717) is 18.9 Å². The largest absolute Gasteiger partial charge is 0.456 e. The minimum atomic E-state index is -1.15. The highest BCUT2D eigenvalue weighted by molar-refractivity contribution is 5.68. The second-order valence-corrected chi connectivity index (χ2v) is 10.3. The van der Waals surface area contributed by atoms with Gasteiger partial charge >= 0.3 is 17.9 Å². The molecule has 3 aliphatic heterocycles. The van der Waals surface area contributed by atoms with Crippen LogP contribution < -0.4 is 5.32 Å². The second-order valence-electron chi connectivity index (χ2n) is 10.3. The summed E-state index contributed by atoms with van der Waals surface area (Å²) in [5.41, 5.74) is 0. The van der Waals surface area contributed by atoms with Gasteiger partial charge in [0.15, 0.2) is 30.8 Å². The Hall–Kier alpha value is -1.83. The van der Waals surface area contributed by atoms with Gasteiger partial charge in [-0.3, -0.25) is 14.4 Å². The maximum Gasteiger partial charge on any atom is 0.303 e. The SMILES string of the molecule is COC1C2CCOC2[NH2+]C2C1CCC(O[C@@H]1O[C@H](C)[C@H](OC(C)=O)[C@H](OC(C)=O)[C@@H]1OC(C)=O)C2OC. The number of quaternary nitrogens is 1. The van der Waals surface area contributed by atoms with Gasteiger partial charge in [0.1, 0.15) is 12.1 Å². The third-order valence-electron chi connectivity index (χ3n) is 7.95. The molecule has 4 rings (SSSR count). The van der Waals surface area contributed by atoms with Crippen molar-refractivity contribution in [1.82, 2.24) is 0 Å². The summed E-state index contributed by atoms with van der Waals surface area (Å²) in [4.78, 5) is 35.8. The van der Waals surface area contributed by atoms with Crippen LogP contribution in [0, 0.1) is 11.8 Å². The van der Waals surface area contributed by atoms with Crippen molar-refractivity contribution >= 4 is 17.9 Å². The van der Waals surface area contributed by atoms with Gasteiger partial charge in [0.25, 0.3) is 0 Å². The first-order valence-electron chi connectivity index (χ1n) is 13.0. The molecule has 12 heteroatoms. The zero-order valence-electron chi connectivity index (χ0n) is 22.3. The van der Waals surface area contributed by atoms with Crippen LogP contribution in [-0.4, -0.2) is 100 Å². The molecule has 1 saturated carbocycles. The van der Waals surface area contributed by atoms with E-state index in [1.54, 1.807) is 21.1 Å². The Kier molecular flexibility index (Phi) is 9.08. The van der Waals surface area contributed by atoms with Gasteiger partial charge in [0, 0.05) is 40.9 Å². The lowest BCUT2D eigenvalue weighted by molar-refractivity contribution is -0.783. The minimum Gasteiger partial charge on any atom is -0.456 e. The number of piperidine rings is 1. The lowest BCUT2D eigenvalue weighted by atomic mass is 9.70. The quantitative estimate of drug-likeness (QED) is 0.341. The number of methoxy groups -OCH3 is 2. The molecular weight excluding hydrogens is 490 g/mol. The molecule has 7 unspecified atom stereocenters. The topological polar surface area (TPSA) is 142 Å². The van der Waals surface area contributed by atoms with E-state index in [-0.39, 0.29) is 30.4 Å². The van der Waals surface area contributed by atoms with E-state index in [1.165, 1.54) is 20.8 Å². The van der Waals surface area contributed by atoms with E-state index in [1.807, 2.05) is 0 Å². The van der Waals surface area contributed by atoms with E-state index in [0.717, 1.165) is 12.8 Å². The summed E-state index contributed by atoms with van der Waals surface area (Å²) in [6.45, 7) is 6.11. The van der Waals surface area contributed by atoms with E-state index in [2.05, 4.69) is 5.32 Å². The molecule has 12 atom stereocenters. The molecule has 0 amide bonds. The first kappa shape index (κ1) is 28.2. The number of esters is 3. The number of hydrogen-bond donors (Lipinski definition) is 1. The van der Waals surface area contributed by atoms with Gasteiger partial charge in [-0.2, -0.15) is 0 Å². The second kappa shape index (κ2) is 11.9. The molecular formula is C25H40NO11+. The standard InChI is InChI=1S/C25H39NO11/c1-11-19(34-12(2)27)22(35-13(3)28)23(36-14(4)29)25(33-11)37-17-8-7-15-18(21(17)31-6)26-24-16(9-10-32-24)20(15)30-5/h11,15-26H,7-10H2,1-6H3/p+1/t11-,15?,16?,17?,18?,19+,20?,21?,22+,23+,24?,25+/m1/s1. The van der Waals surface area contributed by atoms with Crippen LogP contribution in [0.5, 0.6) is 0 Å². The highest BCUT2D eigenvalue weighted by Gasteiger charge is 2.58. The van der Waals surface area contributed by atoms with Crippen molar-refractivity contribution in [2.75, 3.05) is 20.8 Å². The average Bonchev–Trinajstić information content (AvgIpc) is 3.29. The number of carbonyl (C=O) groups excluding carboxylic acids is 3. The van der Waals surface area contributed by atoms with E-state index >= 15 is 0 Å². The van der Waals surface area contributed by atoms with Crippen molar-refractivity contribution in [1.29, 1.82) is 0 Å². The Morgan fingerprint density at radius 1 is 0.757 bits per heavy atom. The van der Waals surface area contributed by atoms with Crippen LogP contribution in [0.1, 0.15) is 47.0 Å². The van der Waals surface area contributed by atoms with Crippen LogP contribution in [0.15, 0.2) is 0 Å². The van der Waals surface area contributed by atoms with Crippen LogP contribution in [0.2, 0.25) is 0 Å². The van der Waals surface area contributed by atoms with Gasteiger partial charge in [-0.15, -0.1) is 0 Å². The molecule has 210 valence electrons. The van der Waals surface area contributed by atoms with Crippen molar-refractivity contribution in [2.24, 2.45) is 11.8 Å². The van der Waals surface area contributed by atoms with Gasteiger partial charge in [-0.05, 0) is 26.2 Å². The van der Waals surface area contributed by atoms with Crippen LogP contribution in [0.25, 0.3) is 0 Å². The molecule has 0 radical (unpaired) electrons. The van der Waals surface area contributed by atoms with Crippen LogP contribution in [-0.2, 0) is 52.3 Å². The Labute approximate surface area is 216 Å². The Balaban J connectivity index is 1.56. The maximum absolute atomic E-state index is 12.0. The predicted octanol–water partition coefficient (Wildman–Crippen LogP) is -0.340. The summed E-state index contributed by atoms with van der Waals surface area (Å²) in [5.74, 6) is -1.22. The summed E-state index contributed by atoms with van der Waals surface area (Å²) in [7, 11) is 3.40. The maximum atomic E-state index is 12.0. The molecule has 1 aliphatic carbocycles. The summed E-state index contributed by atoms with van der Waals surface area (Å²) in [6, 6.07) is 0.0271. The fraction of sp³-hybridized carbons (Fsp3) is 0.880. The van der Waals surface area contributed by atoms with Gasteiger partial charge in [0.05, 0.1) is 30.8 Å². The van der Waals surface area contributed by atoms with Crippen LogP contribution in [0.4, 0.5) is 0 Å². The molecule has 0 aromatic heterocycles. The third-order valence-corrected chi connectivity index (χ3v) is 7.95.